The Hall–Kier alpha value is -2.28. The van der Waals surface area contributed by atoms with Crippen LogP contribution in [-0.2, 0) is 17.6 Å². The molecule has 1 aliphatic rings. The van der Waals surface area contributed by atoms with Crippen LogP contribution in [0.15, 0.2) is 18.2 Å². The lowest BCUT2D eigenvalue weighted by Gasteiger charge is -2.10. The quantitative estimate of drug-likeness (QED) is 0.838. The summed E-state index contributed by atoms with van der Waals surface area (Å²) in [6.07, 6.45) is 4.63. The maximum absolute atomic E-state index is 11.7. The van der Waals surface area contributed by atoms with Gasteiger partial charge in [0.15, 0.2) is 6.61 Å². The van der Waals surface area contributed by atoms with Gasteiger partial charge in [-0.15, -0.1) is 0 Å². The van der Waals surface area contributed by atoms with Crippen LogP contribution in [0.3, 0.4) is 0 Å². The third-order valence-electron chi connectivity index (χ3n) is 3.60. The van der Waals surface area contributed by atoms with Crippen molar-refractivity contribution in [3.63, 3.8) is 0 Å². The molecular weight excluding hydrogens is 240 g/mol. The summed E-state index contributed by atoms with van der Waals surface area (Å²) in [5, 5.41) is 9.61. The number of nitriles is 1. The first kappa shape index (κ1) is 11.8. The Morgan fingerprint density at radius 3 is 3.05 bits per heavy atom. The van der Waals surface area contributed by atoms with E-state index in [-0.39, 0.29) is 6.61 Å². The maximum atomic E-state index is 11.7. The van der Waals surface area contributed by atoms with Crippen LogP contribution in [0.4, 0.5) is 0 Å². The van der Waals surface area contributed by atoms with Crippen LogP contribution in [0, 0.1) is 11.3 Å². The molecule has 0 radical (unpaired) electrons. The van der Waals surface area contributed by atoms with Crippen molar-refractivity contribution in [2.24, 2.45) is 0 Å². The zero-order valence-electron chi connectivity index (χ0n) is 10.5. The van der Waals surface area contributed by atoms with E-state index in [0.29, 0.717) is 5.56 Å². The summed E-state index contributed by atoms with van der Waals surface area (Å²) in [6.45, 7) is -0.210. The first-order valence-electron chi connectivity index (χ1n) is 6.47. The number of nitrogens with zero attached hydrogens (tertiary/aromatic N) is 1. The lowest BCUT2D eigenvalue weighted by Crippen LogP contribution is -2.04. The molecule has 0 saturated heterocycles. The van der Waals surface area contributed by atoms with Gasteiger partial charge in [0.25, 0.3) is 0 Å². The van der Waals surface area contributed by atoms with E-state index in [1.165, 1.54) is 29.5 Å². The number of fused-ring (bicyclic) bond motifs is 3. The number of carbonyl (C=O) groups excluding carboxylic acids is 1. The summed E-state index contributed by atoms with van der Waals surface area (Å²) in [4.78, 5) is 15.1. The largest absolute Gasteiger partial charge is 0.447 e. The number of hydrogen-bond donors (Lipinski definition) is 1. The molecule has 0 saturated carbocycles. The van der Waals surface area contributed by atoms with Crippen LogP contribution < -0.4 is 0 Å². The Kier molecular flexibility index (Phi) is 2.96. The van der Waals surface area contributed by atoms with Crippen molar-refractivity contribution in [3.05, 3.63) is 35.0 Å². The van der Waals surface area contributed by atoms with Crippen LogP contribution in [0.25, 0.3) is 10.9 Å². The number of benzene rings is 1. The smallest absolute Gasteiger partial charge is 0.339 e. The number of rotatable bonds is 2. The SMILES string of the molecule is N#CCOC(=O)c1ccc2c3c([nH]c2c1)CCCC3. The summed E-state index contributed by atoms with van der Waals surface area (Å²) in [5.74, 6) is -0.448. The first-order chi connectivity index (χ1) is 9.29. The van der Waals surface area contributed by atoms with Crippen LogP contribution in [0.2, 0.25) is 0 Å². The predicted octanol–water partition coefficient (Wildman–Crippen LogP) is 2.73. The summed E-state index contributed by atoms with van der Waals surface area (Å²) in [7, 11) is 0. The fourth-order valence-corrected chi connectivity index (χ4v) is 2.72. The lowest BCUT2D eigenvalue weighted by molar-refractivity contribution is 0.0555. The van der Waals surface area contributed by atoms with Gasteiger partial charge in [-0.05, 0) is 43.4 Å². The molecule has 1 heterocycles. The Labute approximate surface area is 111 Å². The number of nitrogens with one attached hydrogen (secondary N) is 1. The van der Waals surface area contributed by atoms with Crippen molar-refractivity contribution >= 4 is 16.9 Å². The molecule has 0 spiro atoms. The number of esters is 1. The van der Waals surface area contributed by atoms with Crippen molar-refractivity contribution in [3.8, 4) is 6.07 Å². The van der Waals surface area contributed by atoms with E-state index < -0.39 is 5.97 Å². The first-order valence-corrected chi connectivity index (χ1v) is 6.47. The van der Waals surface area contributed by atoms with Gasteiger partial charge in [-0.25, -0.2) is 4.79 Å². The number of ether oxygens (including phenoxy) is 1. The van der Waals surface area contributed by atoms with E-state index in [0.717, 1.165) is 18.4 Å². The molecule has 0 fully saturated rings. The Balaban J connectivity index is 1.98. The molecule has 1 aliphatic carbocycles. The minimum absolute atomic E-state index is 0.210. The lowest BCUT2D eigenvalue weighted by atomic mass is 9.95. The molecule has 0 aliphatic heterocycles. The number of H-pyrrole nitrogens is 1. The summed E-state index contributed by atoms with van der Waals surface area (Å²) in [5.41, 5.74) is 4.15. The normalized spacial score (nSPS) is 13.8. The van der Waals surface area contributed by atoms with Gasteiger partial charge in [-0.1, -0.05) is 6.07 Å². The third-order valence-corrected chi connectivity index (χ3v) is 3.60. The molecule has 4 nitrogen and oxygen atoms in total. The topological polar surface area (TPSA) is 65.9 Å². The van der Waals surface area contributed by atoms with Crippen molar-refractivity contribution in [1.29, 1.82) is 5.26 Å². The van der Waals surface area contributed by atoms with Crippen molar-refractivity contribution in [1.82, 2.24) is 4.98 Å². The molecule has 0 unspecified atom stereocenters. The minimum atomic E-state index is -0.448. The number of hydrogen-bond acceptors (Lipinski definition) is 3. The summed E-state index contributed by atoms with van der Waals surface area (Å²) in [6, 6.07) is 7.35. The van der Waals surface area contributed by atoms with Gasteiger partial charge >= 0.3 is 5.97 Å². The van der Waals surface area contributed by atoms with Gasteiger partial charge < -0.3 is 9.72 Å². The van der Waals surface area contributed by atoms with Crippen LogP contribution in [0.5, 0.6) is 0 Å². The average Bonchev–Trinajstić information content (AvgIpc) is 2.82. The molecule has 0 atom stereocenters. The standard InChI is InChI=1S/C15H14N2O2/c16-7-8-19-15(18)10-5-6-12-11-3-1-2-4-13(11)17-14(12)9-10/h5-6,9,17H,1-4,8H2. The second-order valence-electron chi connectivity index (χ2n) is 4.78. The third kappa shape index (κ3) is 2.08. The zero-order valence-corrected chi connectivity index (χ0v) is 10.5. The van der Waals surface area contributed by atoms with Crippen LogP contribution in [0.1, 0.15) is 34.5 Å². The van der Waals surface area contributed by atoms with Crippen LogP contribution >= 0.6 is 0 Å². The molecule has 1 aromatic heterocycles. The van der Waals surface area contributed by atoms with Gasteiger partial charge in [-0.3, -0.25) is 0 Å². The van der Waals surface area contributed by atoms with Gasteiger partial charge in [0.1, 0.15) is 6.07 Å². The van der Waals surface area contributed by atoms with Gasteiger partial charge in [-0.2, -0.15) is 5.26 Å². The summed E-state index contributed by atoms with van der Waals surface area (Å²) >= 11 is 0. The monoisotopic (exact) mass is 254 g/mol. The number of carbonyl (C=O) groups is 1. The zero-order chi connectivity index (χ0) is 13.2. The van der Waals surface area contributed by atoms with Crippen molar-refractivity contribution in [2.75, 3.05) is 6.61 Å². The van der Waals surface area contributed by atoms with Gasteiger partial charge in [0.2, 0.25) is 0 Å². The molecule has 0 bridgehead atoms. The van der Waals surface area contributed by atoms with E-state index in [1.807, 2.05) is 12.1 Å². The maximum Gasteiger partial charge on any atom is 0.339 e. The average molecular weight is 254 g/mol. The van der Waals surface area contributed by atoms with Crippen LogP contribution in [-0.4, -0.2) is 17.6 Å². The Morgan fingerprint density at radius 2 is 2.21 bits per heavy atom. The number of aromatic nitrogens is 1. The summed E-state index contributed by atoms with van der Waals surface area (Å²) < 4.78 is 4.81. The van der Waals surface area contributed by atoms with E-state index in [4.69, 9.17) is 10.00 Å². The highest BCUT2D eigenvalue weighted by Crippen LogP contribution is 2.29. The molecular formula is C15H14N2O2. The molecule has 1 N–H and O–H groups in total. The molecule has 4 heteroatoms. The van der Waals surface area contributed by atoms with Gasteiger partial charge in [0, 0.05) is 16.6 Å². The number of aryl methyl sites for hydroxylation is 2. The molecule has 96 valence electrons. The second kappa shape index (κ2) is 4.77. The van der Waals surface area contributed by atoms with E-state index in [1.54, 1.807) is 12.1 Å². The fraction of sp³-hybridized carbons (Fsp3) is 0.333. The van der Waals surface area contributed by atoms with Crippen molar-refractivity contribution in [2.45, 2.75) is 25.7 Å². The fourth-order valence-electron chi connectivity index (χ4n) is 2.72. The Bertz CT molecular complexity index is 679. The molecule has 19 heavy (non-hydrogen) atoms. The number of aromatic amines is 1. The van der Waals surface area contributed by atoms with Gasteiger partial charge in [0.05, 0.1) is 5.56 Å². The minimum Gasteiger partial charge on any atom is -0.447 e. The van der Waals surface area contributed by atoms with Crippen molar-refractivity contribution < 1.29 is 9.53 Å². The van der Waals surface area contributed by atoms with E-state index >= 15 is 0 Å². The van der Waals surface area contributed by atoms with E-state index in [2.05, 4.69) is 4.98 Å². The molecule has 0 amide bonds. The molecule has 1 aromatic carbocycles. The molecule has 3 rings (SSSR count). The predicted molar refractivity (Wildman–Crippen MR) is 70.8 cm³/mol. The second-order valence-corrected chi connectivity index (χ2v) is 4.78. The Morgan fingerprint density at radius 1 is 1.37 bits per heavy atom. The highest BCUT2D eigenvalue weighted by atomic mass is 16.5. The van der Waals surface area contributed by atoms with E-state index in [9.17, 15) is 4.79 Å². The highest BCUT2D eigenvalue weighted by Gasteiger charge is 2.16. The molecule has 2 aromatic rings. The highest BCUT2D eigenvalue weighted by molar-refractivity contribution is 5.95.